The first-order chi connectivity index (χ1) is 14.0. The molecule has 0 radical (unpaired) electrons. The molecule has 1 aromatic heterocycles. The van der Waals surface area contributed by atoms with Gasteiger partial charge in [0.25, 0.3) is 0 Å². The van der Waals surface area contributed by atoms with Crippen molar-refractivity contribution in [3.8, 4) is 0 Å². The zero-order chi connectivity index (χ0) is 20.8. The monoisotopic (exact) mass is 391 g/mol. The van der Waals surface area contributed by atoms with Crippen LogP contribution in [0.15, 0.2) is 30.3 Å². The number of benzene rings is 1. The number of hydrogen-bond acceptors (Lipinski definition) is 1. The van der Waals surface area contributed by atoms with Gasteiger partial charge in [-0.15, -0.1) is 0 Å². The highest BCUT2D eigenvalue weighted by Gasteiger charge is 2.16. The van der Waals surface area contributed by atoms with Crippen LogP contribution >= 0.6 is 0 Å². The lowest BCUT2D eigenvalue weighted by Gasteiger charge is -2.12. The van der Waals surface area contributed by atoms with Gasteiger partial charge in [0, 0.05) is 49.3 Å². The molecule has 0 bridgehead atoms. The maximum Gasteiger partial charge on any atom is 0.224 e. The molecule has 0 N–H and O–H groups in total. The average Bonchev–Trinajstić information content (AvgIpc) is 2.71. The highest BCUT2D eigenvalue weighted by molar-refractivity contribution is 6.17. The topological polar surface area (TPSA) is 12.2 Å². The number of hydrogen-bond donors (Lipinski definition) is 0. The summed E-state index contributed by atoms with van der Waals surface area (Å²) in [7, 11) is 8.43. The van der Waals surface area contributed by atoms with Gasteiger partial charge in [-0.1, -0.05) is 39.0 Å². The summed E-state index contributed by atoms with van der Waals surface area (Å²) in [5.74, 6) is 0. The fourth-order valence-electron chi connectivity index (χ4n) is 3.92. The van der Waals surface area contributed by atoms with E-state index in [0.29, 0.717) is 0 Å². The van der Waals surface area contributed by atoms with Crippen LogP contribution in [0.4, 0.5) is 5.69 Å². The van der Waals surface area contributed by atoms with E-state index in [2.05, 4.69) is 97.5 Å². The molecule has 0 saturated carbocycles. The van der Waals surface area contributed by atoms with Crippen molar-refractivity contribution in [1.29, 1.82) is 0 Å². The van der Waals surface area contributed by atoms with Crippen LogP contribution in [-0.2, 0) is 0 Å². The number of anilines is 1. The lowest BCUT2D eigenvalue weighted by atomic mass is 10.0. The van der Waals surface area contributed by atoms with E-state index < -0.39 is 0 Å². The van der Waals surface area contributed by atoms with Crippen molar-refractivity contribution in [1.82, 2.24) is 0 Å². The second-order valence-electron chi connectivity index (χ2n) is 8.53. The van der Waals surface area contributed by atoms with Crippen LogP contribution in [0.5, 0.6) is 0 Å². The van der Waals surface area contributed by atoms with Crippen molar-refractivity contribution in [3.63, 3.8) is 0 Å². The number of allylic oxidation sites excluding steroid dienone is 1. The normalized spacial score (nSPS) is 13.6. The largest absolute Gasteiger partial charge is 0.377 e. The molecule has 0 unspecified atom stereocenters. The average molecular weight is 392 g/mol. The summed E-state index contributed by atoms with van der Waals surface area (Å²) in [5.41, 5.74) is 5.05. The molecule has 1 aromatic carbocycles. The highest BCUT2D eigenvalue weighted by Crippen LogP contribution is 2.19. The lowest BCUT2D eigenvalue weighted by Crippen LogP contribution is -2.42. The molecular formula is C26H37N3+2. The Balaban J connectivity index is 2.06. The Hall–Kier alpha value is -2.42. The zero-order valence-corrected chi connectivity index (χ0v) is 18.9. The Morgan fingerprint density at radius 2 is 1.72 bits per heavy atom. The van der Waals surface area contributed by atoms with E-state index >= 15 is 0 Å². The first-order valence-electron chi connectivity index (χ1n) is 11.1. The Morgan fingerprint density at radius 3 is 2.45 bits per heavy atom. The van der Waals surface area contributed by atoms with E-state index in [4.69, 9.17) is 0 Å². The molecule has 0 amide bonds. The Kier molecular flexibility index (Phi) is 7.24. The Bertz CT molecular complexity index is 1040. The van der Waals surface area contributed by atoms with Crippen LogP contribution in [0, 0.1) is 6.21 Å². The van der Waals surface area contributed by atoms with Gasteiger partial charge in [-0.25, -0.2) is 4.58 Å². The number of unbranched alkanes of at least 4 members (excludes halogenated alkanes) is 6. The second kappa shape index (κ2) is 9.87. The molecule has 3 rings (SSSR count). The number of rotatable bonds is 8. The van der Waals surface area contributed by atoms with Gasteiger partial charge in [0.1, 0.15) is 14.1 Å². The van der Waals surface area contributed by atoms with Gasteiger partial charge < -0.3 is 4.90 Å². The molecule has 154 valence electrons. The number of fused-ring (bicyclic) bond motifs is 2. The van der Waals surface area contributed by atoms with E-state index in [1.165, 1.54) is 71.7 Å². The van der Waals surface area contributed by atoms with Gasteiger partial charge in [0.15, 0.2) is 6.21 Å². The summed E-state index contributed by atoms with van der Waals surface area (Å²) in [6, 6.07) is 9.09. The molecule has 3 nitrogen and oxygen atoms in total. The minimum atomic E-state index is 1.11. The number of nitrogens with zero attached hydrogens (tertiary/aromatic N) is 3. The number of pyridine rings is 1. The van der Waals surface area contributed by atoms with E-state index in [0.717, 1.165) is 6.42 Å². The van der Waals surface area contributed by atoms with Gasteiger partial charge in [-0.3, -0.25) is 0 Å². The standard InChI is InChI=1S/C26H37N3/c1-6-7-8-9-10-11-12-17-29-25-19-23(27(2)3)15-13-21(25)18-22-14-16-24(28(4)5)20-26(22)29/h13-20H,6-12H2,1-5H3/q+2. The van der Waals surface area contributed by atoms with Gasteiger partial charge in [-0.05, 0) is 30.7 Å². The van der Waals surface area contributed by atoms with Crippen LogP contribution in [-0.4, -0.2) is 38.5 Å². The van der Waals surface area contributed by atoms with Gasteiger partial charge in [-0.2, -0.15) is 4.24 Å². The minimum absolute atomic E-state index is 1.11. The fraction of sp³-hybridized carbons (Fsp3) is 0.462. The van der Waals surface area contributed by atoms with Gasteiger partial charge in [0.05, 0.1) is 6.08 Å². The van der Waals surface area contributed by atoms with Crippen molar-refractivity contribution >= 4 is 34.5 Å². The maximum atomic E-state index is 2.43. The zero-order valence-electron chi connectivity index (χ0n) is 18.9. The molecule has 0 spiro atoms. The van der Waals surface area contributed by atoms with Crippen molar-refractivity contribution in [2.24, 2.45) is 0 Å². The van der Waals surface area contributed by atoms with E-state index in [9.17, 15) is 0 Å². The quantitative estimate of drug-likeness (QED) is 0.477. The predicted octanol–water partition coefficient (Wildman–Crippen LogP) is 4.47. The lowest BCUT2D eigenvalue weighted by molar-refractivity contribution is -0.497. The third kappa shape index (κ3) is 5.14. The van der Waals surface area contributed by atoms with Crippen molar-refractivity contribution < 1.29 is 8.82 Å². The molecule has 1 aliphatic carbocycles. The predicted molar refractivity (Wildman–Crippen MR) is 126 cm³/mol. The molecule has 0 fully saturated rings. The molecule has 2 aromatic rings. The first-order valence-corrected chi connectivity index (χ1v) is 11.1. The Labute approximate surface area is 176 Å². The van der Waals surface area contributed by atoms with Crippen LogP contribution < -0.4 is 14.5 Å². The summed E-state index contributed by atoms with van der Waals surface area (Å²) < 4.78 is 4.61. The van der Waals surface area contributed by atoms with Crippen LogP contribution in [0.3, 0.4) is 0 Å². The number of aromatic nitrogens is 1. The summed E-state index contributed by atoms with van der Waals surface area (Å²) in [6.07, 6.45) is 18.3. The third-order valence-corrected chi connectivity index (χ3v) is 5.76. The molecular weight excluding hydrogens is 354 g/mol. The SMILES string of the molecule is CCCCCCCCC=[n+]1c2c(cc3ccc(N(C)C)cc31)C=CC(=[N+](C)C)C=2. The summed E-state index contributed by atoms with van der Waals surface area (Å²) in [6.45, 7) is 2.28. The summed E-state index contributed by atoms with van der Waals surface area (Å²) >= 11 is 0. The molecule has 1 aliphatic rings. The summed E-state index contributed by atoms with van der Waals surface area (Å²) in [5, 5.41) is 2.57. The molecule has 0 aliphatic heterocycles. The summed E-state index contributed by atoms with van der Waals surface area (Å²) in [4.78, 5) is 2.18. The molecule has 29 heavy (non-hydrogen) atoms. The van der Waals surface area contributed by atoms with E-state index in [-0.39, 0.29) is 0 Å². The smallest absolute Gasteiger partial charge is 0.224 e. The molecule has 0 saturated heterocycles. The van der Waals surface area contributed by atoms with Crippen LogP contribution in [0.2, 0.25) is 0 Å². The maximum absolute atomic E-state index is 2.43. The van der Waals surface area contributed by atoms with Gasteiger partial charge >= 0.3 is 0 Å². The van der Waals surface area contributed by atoms with Crippen molar-refractivity contribution in [2.45, 2.75) is 51.9 Å². The molecule has 3 heteroatoms. The minimum Gasteiger partial charge on any atom is -0.377 e. The second-order valence-corrected chi connectivity index (χ2v) is 8.53. The van der Waals surface area contributed by atoms with Gasteiger partial charge in [0.2, 0.25) is 16.6 Å². The molecule has 0 atom stereocenters. The fourth-order valence-corrected chi connectivity index (χ4v) is 3.92. The van der Waals surface area contributed by atoms with Crippen LogP contribution in [0.1, 0.15) is 57.4 Å². The van der Waals surface area contributed by atoms with E-state index in [1.54, 1.807) is 0 Å². The van der Waals surface area contributed by atoms with Crippen molar-refractivity contribution in [2.75, 3.05) is 33.1 Å². The first kappa shape index (κ1) is 21.3. The van der Waals surface area contributed by atoms with E-state index in [1.807, 2.05) is 0 Å². The third-order valence-electron chi connectivity index (χ3n) is 5.76. The van der Waals surface area contributed by atoms with Crippen LogP contribution in [0.25, 0.3) is 23.1 Å². The highest BCUT2D eigenvalue weighted by atomic mass is 15.1. The molecule has 1 heterocycles. The van der Waals surface area contributed by atoms with Crippen molar-refractivity contribution in [3.05, 3.63) is 47.5 Å². The Morgan fingerprint density at radius 1 is 0.966 bits per heavy atom.